The molecular formula is C15H15BrClFN2. The van der Waals surface area contributed by atoms with Gasteiger partial charge in [0, 0.05) is 15.1 Å². The highest BCUT2D eigenvalue weighted by molar-refractivity contribution is 9.10. The summed E-state index contributed by atoms with van der Waals surface area (Å²) in [4.78, 5) is 0. The van der Waals surface area contributed by atoms with Crippen molar-refractivity contribution in [2.24, 2.45) is 5.84 Å². The Morgan fingerprint density at radius 3 is 2.65 bits per heavy atom. The van der Waals surface area contributed by atoms with Gasteiger partial charge in [-0.2, -0.15) is 0 Å². The fourth-order valence-electron chi connectivity index (χ4n) is 2.19. The summed E-state index contributed by atoms with van der Waals surface area (Å²) in [5.74, 6) is 5.33. The van der Waals surface area contributed by atoms with Gasteiger partial charge in [-0.3, -0.25) is 11.3 Å². The van der Waals surface area contributed by atoms with Crippen LogP contribution in [0.5, 0.6) is 0 Å². The van der Waals surface area contributed by atoms with Crippen molar-refractivity contribution in [3.8, 4) is 0 Å². The molecule has 5 heteroatoms. The number of nitrogens with one attached hydrogen (secondary N) is 1. The molecule has 0 aliphatic rings. The number of nitrogens with two attached hydrogens (primary N) is 1. The predicted octanol–water partition coefficient (Wildman–Crippen LogP) is 4.30. The van der Waals surface area contributed by atoms with Crippen LogP contribution in [-0.4, -0.2) is 0 Å². The van der Waals surface area contributed by atoms with Crippen molar-refractivity contribution in [1.82, 2.24) is 5.43 Å². The van der Waals surface area contributed by atoms with Gasteiger partial charge in [0.25, 0.3) is 0 Å². The molecule has 2 aromatic rings. The Morgan fingerprint density at radius 1 is 1.30 bits per heavy atom. The molecule has 0 spiro atoms. The molecule has 0 heterocycles. The van der Waals surface area contributed by atoms with E-state index in [0.29, 0.717) is 17.0 Å². The van der Waals surface area contributed by atoms with E-state index < -0.39 is 0 Å². The zero-order valence-electron chi connectivity index (χ0n) is 11.0. The number of rotatable bonds is 4. The van der Waals surface area contributed by atoms with Gasteiger partial charge in [0.15, 0.2) is 0 Å². The maximum Gasteiger partial charge on any atom is 0.127 e. The Balaban J connectivity index is 2.37. The minimum atomic E-state index is -0.314. The van der Waals surface area contributed by atoms with E-state index >= 15 is 0 Å². The van der Waals surface area contributed by atoms with E-state index in [0.717, 1.165) is 15.6 Å². The monoisotopic (exact) mass is 356 g/mol. The maximum absolute atomic E-state index is 13.9. The molecule has 2 rings (SSSR count). The third-order valence-corrected chi connectivity index (χ3v) is 4.57. The highest BCUT2D eigenvalue weighted by atomic mass is 79.9. The number of benzene rings is 2. The van der Waals surface area contributed by atoms with Gasteiger partial charge in [-0.15, -0.1) is 0 Å². The molecule has 2 nitrogen and oxygen atoms in total. The van der Waals surface area contributed by atoms with Crippen LogP contribution in [0.4, 0.5) is 4.39 Å². The van der Waals surface area contributed by atoms with Crippen LogP contribution < -0.4 is 11.3 Å². The second kappa shape index (κ2) is 6.68. The average Bonchev–Trinajstić information content (AvgIpc) is 2.42. The molecule has 1 atom stereocenters. The fraction of sp³-hybridized carbons (Fsp3) is 0.200. The molecule has 0 saturated carbocycles. The summed E-state index contributed by atoms with van der Waals surface area (Å²) in [5.41, 5.74) is 5.30. The number of hydrazine groups is 1. The van der Waals surface area contributed by atoms with E-state index in [4.69, 9.17) is 17.4 Å². The lowest BCUT2D eigenvalue weighted by Gasteiger charge is -2.20. The topological polar surface area (TPSA) is 38.0 Å². The van der Waals surface area contributed by atoms with Gasteiger partial charge in [-0.25, -0.2) is 4.39 Å². The number of hydrogen-bond donors (Lipinski definition) is 2. The molecule has 0 radical (unpaired) electrons. The minimum Gasteiger partial charge on any atom is -0.271 e. The molecule has 1 unspecified atom stereocenters. The van der Waals surface area contributed by atoms with Crippen molar-refractivity contribution in [3.63, 3.8) is 0 Å². The Labute approximate surface area is 131 Å². The summed E-state index contributed by atoms with van der Waals surface area (Å²) >= 11 is 9.56. The highest BCUT2D eigenvalue weighted by Gasteiger charge is 2.18. The lowest BCUT2D eigenvalue weighted by atomic mass is 9.95. The molecule has 20 heavy (non-hydrogen) atoms. The molecule has 0 bridgehead atoms. The molecule has 3 N–H and O–H groups in total. The normalized spacial score (nSPS) is 12.4. The van der Waals surface area contributed by atoms with E-state index in [1.807, 2.05) is 25.1 Å². The zero-order chi connectivity index (χ0) is 14.7. The summed E-state index contributed by atoms with van der Waals surface area (Å²) < 4.78 is 14.9. The van der Waals surface area contributed by atoms with Crippen molar-refractivity contribution >= 4 is 27.5 Å². The minimum absolute atomic E-state index is 0.207. The summed E-state index contributed by atoms with van der Waals surface area (Å²) in [5, 5.41) is 0.415. The summed E-state index contributed by atoms with van der Waals surface area (Å²) in [6.45, 7) is 1.99. The molecule has 0 fully saturated rings. The van der Waals surface area contributed by atoms with E-state index in [-0.39, 0.29) is 11.9 Å². The Morgan fingerprint density at radius 2 is 2.00 bits per heavy atom. The third-order valence-electron chi connectivity index (χ3n) is 3.36. The van der Waals surface area contributed by atoms with Crippen LogP contribution in [0.3, 0.4) is 0 Å². The second-order valence-electron chi connectivity index (χ2n) is 4.58. The first kappa shape index (κ1) is 15.4. The van der Waals surface area contributed by atoms with Gasteiger partial charge >= 0.3 is 0 Å². The largest absolute Gasteiger partial charge is 0.271 e. The lowest BCUT2D eigenvalue weighted by molar-refractivity contribution is 0.527. The third kappa shape index (κ3) is 3.20. The molecule has 0 aliphatic heterocycles. The first-order valence-electron chi connectivity index (χ1n) is 6.18. The van der Waals surface area contributed by atoms with Gasteiger partial charge < -0.3 is 0 Å². The summed E-state index contributed by atoms with van der Waals surface area (Å²) in [6.07, 6.45) is 0.388. The Hall–Kier alpha value is -0.940. The average molecular weight is 358 g/mol. The number of hydrogen-bond acceptors (Lipinski definition) is 2. The molecule has 0 amide bonds. The standard InChI is InChI=1S/C15H15BrClFN2/c1-9-10(4-2-5-12(9)16)15(20-19)8-11-13(17)6-3-7-14(11)18/h2-7,15,20H,8,19H2,1H3. The van der Waals surface area contributed by atoms with Crippen molar-refractivity contribution in [3.05, 3.63) is 68.4 Å². The zero-order valence-corrected chi connectivity index (χ0v) is 13.3. The van der Waals surface area contributed by atoms with E-state index in [1.54, 1.807) is 12.1 Å². The highest BCUT2D eigenvalue weighted by Crippen LogP contribution is 2.29. The van der Waals surface area contributed by atoms with Crippen molar-refractivity contribution in [1.29, 1.82) is 0 Å². The van der Waals surface area contributed by atoms with Crippen LogP contribution in [0.2, 0.25) is 5.02 Å². The fourth-order valence-corrected chi connectivity index (χ4v) is 2.81. The van der Waals surface area contributed by atoms with Crippen molar-refractivity contribution < 1.29 is 4.39 Å². The van der Waals surface area contributed by atoms with Crippen LogP contribution in [-0.2, 0) is 6.42 Å². The summed E-state index contributed by atoms with van der Waals surface area (Å²) in [7, 11) is 0. The van der Waals surface area contributed by atoms with Crippen LogP contribution in [0, 0.1) is 12.7 Å². The van der Waals surface area contributed by atoms with Crippen LogP contribution in [0.15, 0.2) is 40.9 Å². The van der Waals surface area contributed by atoms with Gasteiger partial charge in [-0.05, 0) is 42.7 Å². The Kier molecular flexibility index (Phi) is 5.16. The quantitative estimate of drug-likeness (QED) is 0.632. The van der Waals surface area contributed by atoms with Gasteiger partial charge in [0.1, 0.15) is 5.82 Å². The molecule has 0 aliphatic carbocycles. The van der Waals surface area contributed by atoms with E-state index in [1.165, 1.54) is 6.07 Å². The van der Waals surface area contributed by atoms with Gasteiger partial charge in [0.05, 0.1) is 6.04 Å². The summed E-state index contributed by atoms with van der Waals surface area (Å²) in [6, 6.07) is 10.3. The first-order chi connectivity index (χ1) is 9.54. The Bertz CT molecular complexity index is 599. The lowest BCUT2D eigenvalue weighted by Crippen LogP contribution is -2.30. The number of halogens is 3. The van der Waals surface area contributed by atoms with Crippen molar-refractivity contribution in [2.75, 3.05) is 0 Å². The molecule has 0 aromatic heterocycles. The molecule has 2 aromatic carbocycles. The van der Waals surface area contributed by atoms with Crippen LogP contribution in [0.25, 0.3) is 0 Å². The molecule has 0 saturated heterocycles. The van der Waals surface area contributed by atoms with Gasteiger partial charge in [0.2, 0.25) is 0 Å². The van der Waals surface area contributed by atoms with Crippen LogP contribution >= 0.6 is 27.5 Å². The maximum atomic E-state index is 13.9. The van der Waals surface area contributed by atoms with E-state index in [9.17, 15) is 4.39 Å². The van der Waals surface area contributed by atoms with Crippen molar-refractivity contribution in [2.45, 2.75) is 19.4 Å². The SMILES string of the molecule is Cc1c(Br)cccc1C(Cc1c(F)cccc1Cl)NN. The van der Waals surface area contributed by atoms with E-state index in [2.05, 4.69) is 21.4 Å². The molecular weight excluding hydrogens is 343 g/mol. The molecule has 106 valence electrons. The predicted molar refractivity (Wildman–Crippen MR) is 84.1 cm³/mol. The second-order valence-corrected chi connectivity index (χ2v) is 5.84. The smallest absolute Gasteiger partial charge is 0.127 e. The van der Waals surface area contributed by atoms with Gasteiger partial charge in [-0.1, -0.05) is 45.7 Å². The van der Waals surface area contributed by atoms with Crippen LogP contribution in [0.1, 0.15) is 22.7 Å². The first-order valence-corrected chi connectivity index (χ1v) is 7.35.